The summed E-state index contributed by atoms with van der Waals surface area (Å²) in [6.07, 6.45) is 0. The number of rotatable bonds is 4. The molecule has 0 atom stereocenters. The Morgan fingerprint density at radius 2 is 1.73 bits per heavy atom. The van der Waals surface area contributed by atoms with E-state index in [1.807, 2.05) is 0 Å². The van der Waals surface area contributed by atoms with E-state index in [-0.39, 0.29) is 5.60 Å². The third-order valence-electron chi connectivity index (χ3n) is 2.48. The molecule has 1 N–H and O–H groups in total. The monoisotopic (exact) mass is 215 g/mol. The smallest absolute Gasteiger partial charge is 0.0612 e. The molecule has 0 amide bonds. The molecule has 1 heterocycles. The van der Waals surface area contributed by atoms with Crippen LogP contribution in [0.3, 0.4) is 0 Å². The van der Waals surface area contributed by atoms with Crippen LogP contribution in [0.1, 0.15) is 20.8 Å². The first-order valence-corrected chi connectivity index (χ1v) is 5.78. The number of hydrogen-bond donors (Lipinski definition) is 1. The molecule has 0 aromatic heterocycles. The number of hydrazine groups is 1. The molecule has 0 aliphatic carbocycles. The second-order valence-corrected chi connectivity index (χ2v) is 5.16. The summed E-state index contributed by atoms with van der Waals surface area (Å²) in [5.74, 6) is 0. The predicted octanol–water partition coefficient (Wildman–Crippen LogP) is 0.554. The number of piperazine rings is 1. The maximum Gasteiger partial charge on any atom is 0.0612 e. The largest absolute Gasteiger partial charge is 0.374 e. The van der Waals surface area contributed by atoms with E-state index >= 15 is 0 Å². The van der Waals surface area contributed by atoms with E-state index in [1.54, 1.807) is 0 Å². The molecule has 1 aliphatic rings. The second-order valence-electron chi connectivity index (χ2n) is 5.16. The van der Waals surface area contributed by atoms with Crippen LogP contribution in [-0.4, -0.2) is 61.9 Å². The van der Waals surface area contributed by atoms with Crippen LogP contribution in [0.2, 0.25) is 0 Å². The van der Waals surface area contributed by atoms with Crippen molar-refractivity contribution in [1.82, 2.24) is 15.3 Å². The highest BCUT2D eigenvalue weighted by molar-refractivity contribution is 4.66. The molecule has 1 saturated heterocycles. The fraction of sp³-hybridized carbons (Fsp3) is 1.00. The van der Waals surface area contributed by atoms with E-state index in [0.717, 1.165) is 39.3 Å². The van der Waals surface area contributed by atoms with Gasteiger partial charge in [0.05, 0.1) is 12.2 Å². The van der Waals surface area contributed by atoms with Crippen molar-refractivity contribution in [1.29, 1.82) is 0 Å². The number of ether oxygens (including phenoxy) is 1. The molecule has 15 heavy (non-hydrogen) atoms. The van der Waals surface area contributed by atoms with E-state index in [0.29, 0.717) is 0 Å². The second kappa shape index (κ2) is 5.80. The van der Waals surface area contributed by atoms with E-state index in [1.165, 1.54) is 0 Å². The van der Waals surface area contributed by atoms with E-state index in [2.05, 4.69) is 43.2 Å². The van der Waals surface area contributed by atoms with Crippen molar-refractivity contribution in [2.24, 2.45) is 0 Å². The minimum atomic E-state index is -0.0240. The third-order valence-corrected chi connectivity index (χ3v) is 2.48. The van der Waals surface area contributed by atoms with Gasteiger partial charge < -0.3 is 9.64 Å². The molecular formula is C11H25N3O. The Kier molecular flexibility index (Phi) is 4.99. The van der Waals surface area contributed by atoms with Crippen molar-refractivity contribution in [2.75, 3.05) is 46.4 Å². The number of hydrogen-bond acceptors (Lipinski definition) is 4. The Hall–Kier alpha value is -0.160. The van der Waals surface area contributed by atoms with Crippen molar-refractivity contribution < 1.29 is 4.74 Å². The van der Waals surface area contributed by atoms with Gasteiger partial charge in [0.2, 0.25) is 0 Å². The molecule has 0 aromatic rings. The minimum absolute atomic E-state index is 0.0240. The third kappa shape index (κ3) is 6.10. The minimum Gasteiger partial charge on any atom is -0.374 e. The van der Waals surface area contributed by atoms with Gasteiger partial charge in [-0.25, -0.2) is 5.01 Å². The highest BCUT2D eigenvalue weighted by Gasteiger charge is 2.13. The van der Waals surface area contributed by atoms with E-state index < -0.39 is 0 Å². The van der Waals surface area contributed by atoms with Crippen LogP contribution >= 0.6 is 0 Å². The normalized spacial score (nSPS) is 20.8. The lowest BCUT2D eigenvalue weighted by Crippen LogP contribution is -2.51. The number of nitrogens with one attached hydrogen (secondary N) is 1. The highest BCUT2D eigenvalue weighted by Crippen LogP contribution is 2.05. The van der Waals surface area contributed by atoms with Crippen LogP contribution in [0.5, 0.6) is 0 Å². The van der Waals surface area contributed by atoms with Gasteiger partial charge in [-0.05, 0) is 27.8 Å². The fourth-order valence-electron chi connectivity index (χ4n) is 1.53. The van der Waals surface area contributed by atoms with Gasteiger partial charge in [-0.1, -0.05) is 0 Å². The fourth-order valence-corrected chi connectivity index (χ4v) is 1.53. The zero-order valence-electron chi connectivity index (χ0n) is 10.5. The Morgan fingerprint density at radius 1 is 1.13 bits per heavy atom. The van der Waals surface area contributed by atoms with Crippen molar-refractivity contribution in [3.63, 3.8) is 0 Å². The van der Waals surface area contributed by atoms with Gasteiger partial charge in [-0.2, -0.15) is 0 Å². The van der Waals surface area contributed by atoms with Crippen molar-refractivity contribution in [3.05, 3.63) is 0 Å². The molecule has 0 unspecified atom stereocenters. The standard InChI is InChI=1S/C11H25N3O/c1-11(2,3)15-10-5-12-14-8-6-13(4)7-9-14/h12H,5-10H2,1-4H3. The number of nitrogens with zero attached hydrogens (tertiary/aromatic N) is 2. The molecule has 0 spiro atoms. The average molecular weight is 215 g/mol. The molecule has 0 aromatic carbocycles. The van der Waals surface area contributed by atoms with Crippen LogP contribution < -0.4 is 5.43 Å². The first-order valence-electron chi connectivity index (χ1n) is 5.78. The summed E-state index contributed by atoms with van der Waals surface area (Å²) >= 11 is 0. The lowest BCUT2D eigenvalue weighted by atomic mass is 10.2. The topological polar surface area (TPSA) is 27.7 Å². The maximum atomic E-state index is 5.64. The van der Waals surface area contributed by atoms with Gasteiger partial charge in [0.25, 0.3) is 0 Å². The molecular weight excluding hydrogens is 190 g/mol. The lowest BCUT2D eigenvalue weighted by Gasteiger charge is -2.32. The number of likely N-dealkylation sites (N-methyl/N-ethyl adjacent to an activating group) is 1. The van der Waals surface area contributed by atoms with Crippen LogP contribution in [0.25, 0.3) is 0 Å². The van der Waals surface area contributed by atoms with Crippen LogP contribution in [-0.2, 0) is 4.74 Å². The summed E-state index contributed by atoms with van der Waals surface area (Å²) in [4.78, 5) is 2.35. The van der Waals surface area contributed by atoms with Crippen molar-refractivity contribution in [2.45, 2.75) is 26.4 Å². The summed E-state index contributed by atoms with van der Waals surface area (Å²) in [7, 11) is 2.17. The first kappa shape index (κ1) is 12.9. The van der Waals surface area contributed by atoms with Crippen LogP contribution in [0.4, 0.5) is 0 Å². The molecule has 4 heteroatoms. The summed E-state index contributed by atoms with van der Waals surface area (Å²) in [5.41, 5.74) is 3.37. The van der Waals surface area contributed by atoms with Crippen LogP contribution in [0, 0.1) is 0 Å². The van der Waals surface area contributed by atoms with Gasteiger partial charge in [-0.15, -0.1) is 0 Å². The highest BCUT2D eigenvalue weighted by atomic mass is 16.5. The van der Waals surface area contributed by atoms with Crippen molar-refractivity contribution >= 4 is 0 Å². The van der Waals surface area contributed by atoms with Gasteiger partial charge in [-0.3, -0.25) is 5.43 Å². The van der Waals surface area contributed by atoms with E-state index in [9.17, 15) is 0 Å². The Labute approximate surface area is 93.5 Å². The summed E-state index contributed by atoms with van der Waals surface area (Å²) < 4.78 is 5.64. The Morgan fingerprint density at radius 3 is 2.27 bits per heavy atom. The Bertz CT molecular complexity index is 171. The SMILES string of the molecule is CN1CCN(NCCOC(C)(C)C)CC1. The predicted molar refractivity (Wildman–Crippen MR) is 62.8 cm³/mol. The quantitative estimate of drug-likeness (QED) is 0.693. The van der Waals surface area contributed by atoms with Gasteiger partial charge in [0.1, 0.15) is 0 Å². The van der Waals surface area contributed by atoms with Gasteiger partial charge >= 0.3 is 0 Å². The molecule has 0 bridgehead atoms. The summed E-state index contributed by atoms with van der Waals surface area (Å²) in [6.45, 7) is 12.4. The maximum absolute atomic E-state index is 5.64. The zero-order valence-corrected chi connectivity index (χ0v) is 10.5. The Balaban J connectivity index is 2.01. The molecule has 0 radical (unpaired) electrons. The van der Waals surface area contributed by atoms with Gasteiger partial charge in [0.15, 0.2) is 0 Å². The lowest BCUT2D eigenvalue weighted by molar-refractivity contribution is -0.0108. The average Bonchev–Trinajstić information content (AvgIpc) is 2.14. The summed E-state index contributed by atoms with van der Waals surface area (Å²) in [6, 6.07) is 0. The van der Waals surface area contributed by atoms with Gasteiger partial charge in [0, 0.05) is 32.7 Å². The zero-order chi connectivity index (χ0) is 11.3. The summed E-state index contributed by atoms with van der Waals surface area (Å²) in [5, 5.41) is 2.28. The molecule has 1 aliphatic heterocycles. The molecule has 0 saturated carbocycles. The molecule has 4 nitrogen and oxygen atoms in total. The van der Waals surface area contributed by atoms with Crippen molar-refractivity contribution in [3.8, 4) is 0 Å². The van der Waals surface area contributed by atoms with E-state index in [4.69, 9.17) is 4.74 Å². The molecule has 1 fully saturated rings. The van der Waals surface area contributed by atoms with Crippen LogP contribution in [0.15, 0.2) is 0 Å². The molecule has 1 rings (SSSR count). The molecule has 90 valence electrons. The first-order chi connectivity index (χ1) is 6.97.